The lowest BCUT2D eigenvalue weighted by Gasteiger charge is -2.11. The van der Waals surface area contributed by atoms with Crippen molar-refractivity contribution >= 4 is 34.7 Å². The number of Topliss-reactive ketones (excluding diaryl/α,β-unsaturated/α-hetero) is 1. The smallest absolute Gasteiger partial charge is 0.323 e. The molecule has 0 fully saturated rings. The first-order chi connectivity index (χ1) is 12.6. The van der Waals surface area contributed by atoms with Crippen LogP contribution in [0.3, 0.4) is 0 Å². The maximum Gasteiger partial charge on any atom is 0.323 e. The highest BCUT2D eigenvalue weighted by atomic mass is 79.9. The summed E-state index contributed by atoms with van der Waals surface area (Å²) < 4.78 is 10.0. The van der Waals surface area contributed by atoms with Crippen LogP contribution in [0.15, 0.2) is 60.7 Å². The third-order valence-corrected chi connectivity index (χ3v) is 3.65. The molecule has 0 saturated carbocycles. The fourth-order valence-electron chi connectivity index (χ4n) is 2.15. The number of hydrogen-bond acceptors (Lipinski definition) is 6. The second kappa shape index (κ2) is 12.0. The standard InChI is InChI=1S/C20H21NO5.BrH/c21-17(11-12-19(23)25-13-15-7-3-1-4-8-15)20(24)26-14-18(22)16-9-5-2-6-10-16;/h1-10,17H,11-14,21H2;1H/t17-;/m0./s1. The molecular weight excluding hydrogens is 414 g/mol. The van der Waals surface area contributed by atoms with E-state index in [1.807, 2.05) is 30.3 Å². The van der Waals surface area contributed by atoms with Gasteiger partial charge in [0.15, 0.2) is 12.4 Å². The highest BCUT2D eigenvalue weighted by molar-refractivity contribution is 8.93. The highest BCUT2D eigenvalue weighted by Crippen LogP contribution is 2.05. The maximum absolute atomic E-state index is 11.9. The zero-order chi connectivity index (χ0) is 18.8. The molecule has 2 rings (SSSR count). The Labute approximate surface area is 168 Å². The summed E-state index contributed by atoms with van der Waals surface area (Å²) in [6.45, 7) is -0.208. The first-order valence-electron chi connectivity index (χ1n) is 8.26. The molecule has 27 heavy (non-hydrogen) atoms. The molecule has 7 heteroatoms. The van der Waals surface area contributed by atoms with Gasteiger partial charge in [0.2, 0.25) is 0 Å². The lowest BCUT2D eigenvalue weighted by atomic mass is 10.1. The van der Waals surface area contributed by atoms with E-state index in [9.17, 15) is 14.4 Å². The molecule has 0 aromatic heterocycles. The van der Waals surface area contributed by atoms with Crippen LogP contribution in [0, 0.1) is 0 Å². The second-order valence-corrected chi connectivity index (χ2v) is 5.69. The minimum atomic E-state index is -0.983. The molecule has 0 saturated heterocycles. The highest BCUT2D eigenvalue weighted by Gasteiger charge is 2.18. The zero-order valence-electron chi connectivity index (χ0n) is 14.7. The number of benzene rings is 2. The Morgan fingerprint density at radius 3 is 2.11 bits per heavy atom. The van der Waals surface area contributed by atoms with Gasteiger partial charge in [-0.25, -0.2) is 0 Å². The summed E-state index contributed by atoms with van der Waals surface area (Å²) in [6, 6.07) is 16.8. The first-order valence-corrected chi connectivity index (χ1v) is 8.26. The van der Waals surface area contributed by atoms with Crippen molar-refractivity contribution < 1.29 is 23.9 Å². The fourth-order valence-corrected chi connectivity index (χ4v) is 2.15. The van der Waals surface area contributed by atoms with Crippen LogP contribution in [0.2, 0.25) is 0 Å². The summed E-state index contributed by atoms with van der Waals surface area (Å²) >= 11 is 0. The summed E-state index contributed by atoms with van der Waals surface area (Å²) in [5, 5.41) is 0. The third-order valence-electron chi connectivity index (χ3n) is 3.65. The minimum absolute atomic E-state index is 0. The Bertz CT molecular complexity index is 737. The Morgan fingerprint density at radius 2 is 1.48 bits per heavy atom. The van der Waals surface area contributed by atoms with Crippen molar-refractivity contribution in [1.29, 1.82) is 0 Å². The molecule has 1 atom stereocenters. The average Bonchev–Trinajstić information content (AvgIpc) is 2.69. The largest absolute Gasteiger partial charge is 0.461 e. The van der Waals surface area contributed by atoms with Gasteiger partial charge in [-0.2, -0.15) is 0 Å². The minimum Gasteiger partial charge on any atom is -0.461 e. The molecule has 0 aliphatic heterocycles. The molecule has 0 spiro atoms. The van der Waals surface area contributed by atoms with Crippen molar-refractivity contribution in [3.63, 3.8) is 0 Å². The number of ketones is 1. The number of hydrogen-bond donors (Lipinski definition) is 1. The van der Waals surface area contributed by atoms with Gasteiger partial charge in [-0.3, -0.25) is 14.4 Å². The topological polar surface area (TPSA) is 95.7 Å². The average molecular weight is 436 g/mol. The van der Waals surface area contributed by atoms with Crippen molar-refractivity contribution in [1.82, 2.24) is 0 Å². The van der Waals surface area contributed by atoms with Gasteiger partial charge in [0, 0.05) is 12.0 Å². The predicted octanol–water partition coefficient (Wildman–Crippen LogP) is 2.84. The van der Waals surface area contributed by atoms with Crippen molar-refractivity contribution in [2.24, 2.45) is 5.73 Å². The summed E-state index contributed by atoms with van der Waals surface area (Å²) in [6.07, 6.45) is 0.0850. The Hall–Kier alpha value is -2.51. The van der Waals surface area contributed by atoms with Crippen molar-refractivity contribution in [2.75, 3.05) is 6.61 Å². The van der Waals surface area contributed by atoms with E-state index in [-0.39, 0.29) is 48.8 Å². The number of nitrogens with two attached hydrogens (primary N) is 1. The SMILES string of the molecule is Br.N[C@@H](CCC(=O)OCc1ccccc1)C(=O)OCC(=O)c1ccccc1. The van der Waals surface area contributed by atoms with Gasteiger partial charge in [0.1, 0.15) is 12.6 Å². The monoisotopic (exact) mass is 435 g/mol. The molecule has 0 bridgehead atoms. The van der Waals surface area contributed by atoms with Gasteiger partial charge >= 0.3 is 11.9 Å². The van der Waals surface area contributed by atoms with Crippen LogP contribution in [-0.2, 0) is 25.7 Å². The van der Waals surface area contributed by atoms with Crippen LogP contribution in [0.25, 0.3) is 0 Å². The van der Waals surface area contributed by atoms with Gasteiger partial charge < -0.3 is 15.2 Å². The van der Waals surface area contributed by atoms with Crippen LogP contribution in [0.4, 0.5) is 0 Å². The molecule has 144 valence electrons. The van der Waals surface area contributed by atoms with E-state index in [1.165, 1.54) is 0 Å². The van der Waals surface area contributed by atoms with Gasteiger partial charge in [-0.1, -0.05) is 60.7 Å². The van der Waals surface area contributed by atoms with E-state index in [0.717, 1.165) is 5.56 Å². The summed E-state index contributed by atoms with van der Waals surface area (Å²) in [4.78, 5) is 35.4. The zero-order valence-corrected chi connectivity index (χ0v) is 16.4. The van der Waals surface area contributed by atoms with E-state index in [0.29, 0.717) is 5.56 Å². The molecule has 0 aliphatic rings. The summed E-state index contributed by atoms with van der Waals surface area (Å²) in [5.74, 6) is -1.48. The van der Waals surface area contributed by atoms with E-state index in [2.05, 4.69) is 0 Å². The number of ether oxygens (including phenoxy) is 2. The van der Waals surface area contributed by atoms with Crippen LogP contribution in [0.5, 0.6) is 0 Å². The van der Waals surface area contributed by atoms with E-state index in [1.54, 1.807) is 30.3 Å². The third kappa shape index (κ3) is 8.15. The molecular formula is C20H22BrNO5. The van der Waals surface area contributed by atoms with Gasteiger partial charge in [-0.05, 0) is 12.0 Å². The van der Waals surface area contributed by atoms with E-state index in [4.69, 9.17) is 15.2 Å². The van der Waals surface area contributed by atoms with Crippen LogP contribution in [0.1, 0.15) is 28.8 Å². The van der Waals surface area contributed by atoms with Crippen molar-refractivity contribution in [3.8, 4) is 0 Å². The molecule has 0 unspecified atom stereocenters. The fraction of sp³-hybridized carbons (Fsp3) is 0.250. The number of esters is 2. The number of carbonyl (C=O) groups excluding carboxylic acids is 3. The number of halogens is 1. The molecule has 2 N–H and O–H groups in total. The molecule has 0 radical (unpaired) electrons. The Kier molecular flexibility index (Phi) is 10.00. The van der Waals surface area contributed by atoms with Crippen molar-refractivity contribution in [3.05, 3.63) is 71.8 Å². The quantitative estimate of drug-likeness (QED) is 0.480. The second-order valence-electron chi connectivity index (χ2n) is 5.69. The maximum atomic E-state index is 11.9. The Balaban J connectivity index is 0.00000364. The molecule has 6 nitrogen and oxygen atoms in total. The molecule has 2 aromatic carbocycles. The predicted molar refractivity (Wildman–Crippen MR) is 106 cm³/mol. The van der Waals surface area contributed by atoms with Gasteiger partial charge in [-0.15, -0.1) is 17.0 Å². The summed E-state index contributed by atoms with van der Waals surface area (Å²) in [5.41, 5.74) is 7.04. The first kappa shape index (κ1) is 22.5. The summed E-state index contributed by atoms with van der Waals surface area (Å²) in [7, 11) is 0. The van der Waals surface area contributed by atoms with Crippen LogP contribution in [-0.4, -0.2) is 30.4 Å². The Morgan fingerprint density at radius 1 is 0.889 bits per heavy atom. The van der Waals surface area contributed by atoms with E-state index < -0.39 is 18.0 Å². The van der Waals surface area contributed by atoms with Gasteiger partial charge in [0.25, 0.3) is 0 Å². The molecule has 0 amide bonds. The normalized spacial score (nSPS) is 11.0. The van der Waals surface area contributed by atoms with Crippen LogP contribution < -0.4 is 5.73 Å². The molecule has 0 aliphatic carbocycles. The number of rotatable bonds is 9. The lowest BCUT2D eigenvalue weighted by Crippen LogP contribution is -2.34. The number of carbonyl (C=O) groups is 3. The van der Waals surface area contributed by atoms with E-state index >= 15 is 0 Å². The van der Waals surface area contributed by atoms with Crippen LogP contribution >= 0.6 is 17.0 Å². The lowest BCUT2D eigenvalue weighted by molar-refractivity contribution is -0.146. The van der Waals surface area contributed by atoms with Crippen molar-refractivity contribution in [2.45, 2.75) is 25.5 Å². The van der Waals surface area contributed by atoms with Gasteiger partial charge in [0.05, 0.1) is 0 Å². The molecule has 0 heterocycles. The molecule has 2 aromatic rings.